The van der Waals surface area contributed by atoms with Crippen molar-refractivity contribution < 1.29 is 0 Å². The maximum Gasteiger partial charge on any atom is 0.340 e. The average Bonchev–Trinajstić information content (AvgIpc) is 3.20. The van der Waals surface area contributed by atoms with Crippen molar-refractivity contribution in [2.24, 2.45) is 7.05 Å². The molecule has 0 bridgehead atoms. The van der Waals surface area contributed by atoms with Crippen LogP contribution in [-0.4, -0.2) is 23.9 Å². The molecule has 0 aliphatic rings. The maximum atomic E-state index is 12.5. The van der Waals surface area contributed by atoms with E-state index in [0.29, 0.717) is 12.2 Å². The Morgan fingerprint density at radius 1 is 0.964 bits per heavy atom. The van der Waals surface area contributed by atoms with E-state index in [-0.39, 0.29) is 0 Å². The number of rotatable bonds is 4. The first-order valence-electron chi connectivity index (χ1n) is 8.63. The number of aromatic amines is 1. The van der Waals surface area contributed by atoms with Crippen molar-refractivity contribution in [3.05, 3.63) is 104 Å². The first-order chi connectivity index (χ1) is 13.5. The highest BCUT2D eigenvalue weighted by Gasteiger charge is 2.13. The topological polar surface area (TPSA) is 94.7 Å². The largest absolute Gasteiger partial charge is 0.340 e. The lowest BCUT2D eigenvalue weighted by Gasteiger charge is -2.13. The summed E-state index contributed by atoms with van der Waals surface area (Å²) in [6, 6.07) is 17.0. The third-order valence-corrected chi connectivity index (χ3v) is 4.52. The van der Waals surface area contributed by atoms with E-state index in [2.05, 4.69) is 10.1 Å². The molecule has 0 amide bonds. The summed E-state index contributed by atoms with van der Waals surface area (Å²) in [6.45, 7) is 0.462. The van der Waals surface area contributed by atoms with Gasteiger partial charge in [0.2, 0.25) is 0 Å². The molecule has 0 aliphatic carbocycles. The summed E-state index contributed by atoms with van der Waals surface area (Å²) >= 11 is 0. The van der Waals surface area contributed by atoms with E-state index in [0.717, 1.165) is 25.8 Å². The van der Waals surface area contributed by atoms with E-state index in [1.165, 1.54) is 7.05 Å². The second-order valence-corrected chi connectivity index (χ2v) is 6.32. The summed E-state index contributed by atoms with van der Waals surface area (Å²) < 4.78 is 3.57. The van der Waals surface area contributed by atoms with Crippen molar-refractivity contribution in [2.45, 2.75) is 6.54 Å². The average molecular weight is 375 g/mol. The molecule has 2 aromatic heterocycles. The molecule has 8 nitrogen and oxygen atoms in total. The van der Waals surface area contributed by atoms with Crippen LogP contribution in [-0.2, 0) is 13.6 Å². The van der Waals surface area contributed by atoms with Crippen LogP contribution in [0.15, 0.2) is 81.4 Å². The Balaban J connectivity index is 1.92. The number of nitrogens with one attached hydrogen (secondary N) is 1. The van der Waals surface area contributed by atoms with Crippen LogP contribution in [0.1, 0.15) is 5.56 Å². The minimum atomic E-state index is -0.773. The zero-order chi connectivity index (χ0) is 19.7. The number of aromatic nitrogens is 5. The molecular weight excluding hydrogens is 358 g/mol. The Kier molecular flexibility index (Phi) is 4.36. The molecule has 4 aromatic rings. The third kappa shape index (κ3) is 3.11. The van der Waals surface area contributed by atoms with Gasteiger partial charge < -0.3 is 0 Å². The number of nitrogens with zero attached hydrogens (tertiary/aromatic N) is 4. The van der Waals surface area contributed by atoms with Gasteiger partial charge in [-0.3, -0.25) is 9.67 Å². The predicted octanol–water partition coefficient (Wildman–Crippen LogP) is 1.14. The molecule has 0 aliphatic heterocycles. The molecular formula is C20H17N5O3. The van der Waals surface area contributed by atoms with Crippen LogP contribution in [0, 0.1) is 0 Å². The highest BCUT2D eigenvalue weighted by molar-refractivity contribution is 5.69. The Hall–Kier alpha value is -3.94. The first kappa shape index (κ1) is 17.5. The van der Waals surface area contributed by atoms with Gasteiger partial charge >= 0.3 is 17.1 Å². The Morgan fingerprint density at radius 3 is 2.46 bits per heavy atom. The van der Waals surface area contributed by atoms with Crippen LogP contribution in [0.25, 0.3) is 16.8 Å². The summed E-state index contributed by atoms with van der Waals surface area (Å²) in [7, 11) is 1.32. The van der Waals surface area contributed by atoms with Gasteiger partial charge in [-0.15, -0.1) is 0 Å². The van der Waals surface area contributed by atoms with Crippen LogP contribution in [0.2, 0.25) is 0 Å². The second kappa shape index (κ2) is 6.99. The van der Waals surface area contributed by atoms with Crippen LogP contribution < -0.4 is 17.1 Å². The standard InChI is InChI=1S/C20H17N5O3/c1-23-18(26)22-19(27)25(20(23)28)16-8-9-17(14-6-3-2-4-7-14)15(12-16)13-24-11-5-10-21-24/h2-12H,13H2,1H3,(H,22,26,27). The monoisotopic (exact) mass is 375 g/mol. The van der Waals surface area contributed by atoms with Crippen LogP contribution in [0.4, 0.5) is 0 Å². The van der Waals surface area contributed by atoms with Crippen molar-refractivity contribution >= 4 is 0 Å². The number of hydrogen-bond donors (Lipinski definition) is 1. The highest BCUT2D eigenvalue weighted by atomic mass is 16.2. The van der Waals surface area contributed by atoms with E-state index >= 15 is 0 Å². The molecule has 0 radical (unpaired) electrons. The van der Waals surface area contributed by atoms with E-state index in [4.69, 9.17) is 0 Å². The summed E-state index contributed by atoms with van der Waals surface area (Å²) in [4.78, 5) is 38.6. The molecule has 4 rings (SSSR count). The van der Waals surface area contributed by atoms with Crippen molar-refractivity contribution in [3.63, 3.8) is 0 Å². The van der Waals surface area contributed by atoms with Gasteiger partial charge in [0.15, 0.2) is 0 Å². The van der Waals surface area contributed by atoms with Crippen molar-refractivity contribution in [1.29, 1.82) is 0 Å². The minimum absolute atomic E-state index is 0.378. The van der Waals surface area contributed by atoms with E-state index in [9.17, 15) is 14.4 Å². The quantitative estimate of drug-likeness (QED) is 0.579. The zero-order valence-electron chi connectivity index (χ0n) is 15.1. The van der Waals surface area contributed by atoms with E-state index in [1.54, 1.807) is 23.0 Å². The lowest BCUT2D eigenvalue weighted by Crippen LogP contribution is -2.47. The van der Waals surface area contributed by atoms with Crippen molar-refractivity contribution in [3.8, 4) is 16.8 Å². The van der Waals surface area contributed by atoms with Crippen LogP contribution in [0.3, 0.4) is 0 Å². The fourth-order valence-electron chi connectivity index (χ4n) is 3.10. The number of hydrogen-bond acceptors (Lipinski definition) is 4. The molecule has 0 unspecified atom stereocenters. The summed E-state index contributed by atoms with van der Waals surface area (Å²) in [6.07, 6.45) is 3.53. The Morgan fingerprint density at radius 2 is 1.75 bits per heavy atom. The SMILES string of the molecule is Cn1c(=O)[nH]c(=O)n(-c2ccc(-c3ccccc3)c(Cn3cccn3)c2)c1=O. The fraction of sp³-hybridized carbons (Fsp3) is 0.100. The molecule has 2 aromatic carbocycles. The van der Waals surface area contributed by atoms with Gasteiger partial charge in [-0.25, -0.2) is 23.5 Å². The summed E-state index contributed by atoms with van der Waals surface area (Å²) in [5.41, 5.74) is 1.02. The Bertz CT molecular complexity index is 1300. The molecule has 28 heavy (non-hydrogen) atoms. The highest BCUT2D eigenvalue weighted by Crippen LogP contribution is 2.26. The third-order valence-electron chi connectivity index (χ3n) is 4.52. The lowest BCUT2D eigenvalue weighted by atomic mass is 9.99. The normalized spacial score (nSPS) is 10.9. The molecule has 2 heterocycles. The van der Waals surface area contributed by atoms with Crippen molar-refractivity contribution in [1.82, 2.24) is 23.9 Å². The van der Waals surface area contributed by atoms with E-state index < -0.39 is 17.1 Å². The second-order valence-electron chi connectivity index (χ2n) is 6.32. The lowest BCUT2D eigenvalue weighted by molar-refractivity contribution is 0.658. The summed E-state index contributed by atoms with van der Waals surface area (Å²) in [5.74, 6) is 0. The Labute approximate surface area is 159 Å². The zero-order valence-corrected chi connectivity index (χ0v) is 15.1. The van der Waals surface area contributed by atoms with E-state index in [1.807, 2.05) is 48.7 Å². The number of H-pyrrole nitrogens is 1. The molecule has 0 saturated carbocycles. The molecule has 0 saturated heterocycles. The molecule has 0 fully saturated rings. The number of benzene rings is 2. The minimum Gasteiger partial charge on any atom is -0.268 e. The first-order valence-corrected chi connectivity index (χ1v) is 8.63. The van der Waals surface area contributed by atoms with Gasteiger partial charge in [0.1, 0.15) is 0 Å². The van der Waals surface area contributed by atoms with Crippen LogP contribution in [0.5, 0.6) is 0 Å². The molecule has 1 N–H and O–H groups in total. The van der Waals surface area contributed by atoms with Gasteiger partial charge in [0, 0.05) is 19.4 Å². The van der Waals surface area contributed by atoms with Gasteiger partial charge in [0.05, 0.1) is 12.2 Å². The van der Waals surface area contributed by atoms with Gasteiger partial charge in [0.25, 0.3) is 0 Å². The predicted molar refractivity (Wildman–Crippen MR) is 105 cm³/mol. The molecule has 140 valence electrons. The molecule has 0 atom stereocenters. The molecule has 8 heteroatoms. The molecule has 0 spiro atoms. The van der Waals surface area contributed by atoms with Crippen molar-refractivity contribution in [2.75, 3.05) is 0 Å². The van der Waals surface area contributed by atoms with Gasteiger partial charge in [-0.05, 0) is 34.9 Å². The van der Waals surface area contributed by atoms with Gasteiger partial charge in [-0.2, -0.15) is 5.10 Å². The van der Waals surface area contributed by atoms with Gasteiger partial charge in [-0.1, -0.05) is 36.4 Å². The summed E-state index contributed by atoms with van der Waals surface area (Å²) in [5, 5.41) is 4.24. The fourth-order valence-corrected chi connectivity index (χ4v) is 3.10. The van der Waals surface area contributed by atoms with Crippen LogP contribution >= 0.6 is 0 Å². The maximum absolute atomic E-state index is 12.5. The smallest absolute Gasteiger partial charge is 0.268 e.